The van der Waals surface area contributed by atoms with E-state index in [1.54, 1.807) is 11.0 Å². The lowest BCUT2D eigenvalue weighted by molar-refractivity contribution is -0.387. The first-order valence-electron chi connectivity index (χ1n) is 8.66. The Kier molecular flexibility index (Phi) is 5.61. The maximum absolute atomic E-state index is 13.4. The molecule has 2 aromatic rings. The van der Waals surface area contributed by atoms with Gasteiger partial charge in [-0.25, -0.2) is 22.3 Å². The number of nitrogens with two attached hydrogens (primary N) is 1. The maximum atomic E-state index is 13.4. The van der Waals surface area contributed by atoms with Crippen LogP contribution in [0.3, 0.4) is 0 Å². The summed E-state index contributed by atoms with van der Waals surface area (Å²) in [7, 11) is -4.23. The first-order valence-corrected chi connectivity index (χ1v) is 10.2. The van der Waals surface area contributed by atoms with Gasteiger partial charge in [-0.05, 0) is 55.0 Å². The molecule has 0 bridgehead atoms. The Bertz CT molecular complexity index is 1010. The molecule has 1 fully saturated rings. The minimum absolute atomic E-state index is 0.210. The van der Waals surface area contributed by atoms with Crippen molar-refractivity contribution in [2.45, 2.75) is 24.2 Å². The van der Waals surface area contributed by atoms with Crippen molar-refractivity contribution in [3.63, 3.8) is 0 Å². The second-order valence-electron chi connectivity index (χ2n) is 6.81. The van der Waals surface area contributed by atoms with Crippen molar-refractivity contribution >= 4 is 21.4 Å². The van der Waals surface area contributed by atoms with Crippen molar-refractivity contribution in [1.29, 1.82) is 0 Å². The Morgan fingerprint density at radius 3 is 2.39 bits per heavy atom. The number of hydrogen-bond acceptors (Lipinski definition) is 5. The molecule has 10 heteroatoms. The second kappa shape index (κ2) is 7.80. The molecular formula is C18H19F2N3O4S. The summed E-state index contributed by atoms with van der Waals surface area (Å²) in [6.07, 6.45) is 1.93. The van der Waals surface area contributed by atoms with Crippen molar-refractivity contribution in [2.75, 3.05) is 18.0 Å². The van der Waals surface area contributed by atoms with E-state index in [9.17, 15) is 27.3 Å². The average Bonchev–Trinajstić information content (AvgIpc) is 2.64. The van der Waals surface area contributed by atoms with Crippen LogP contribution in [-0.2, 0) is 16.4 Å². The molecule has 0 unspecified atom stereocenters. The molecule has 2 aromatic carbocycles. The van der Waals surface area contributed by atoms with E-state index in [1.165, 1.54) is 18.2 Å². The minimum Gasteiger partial charge on any atom is -0.366 e. The van der Waals surface area contributed by atoms with Gasteiger partial charge in [-0.2, -0.15) is 0 Å². The van der Waals surface area contributed by atoms with E-state index in [0.29, 0.717) is 37.9 Å². The van der Waals surface area contributed by atoms with E-state index in [-0.39, 0.29) is 11.6 Å². The molecule has 28 heavy (non-hydrogen) atoms. The topological polar surface area (TPSA) is 107 Å². The molecule has 1 aliphatic heterocycles. The van der Waals surface area contributed by atoms with Crippen LogP contribution in [0.25, 0.3) is 0 Å². The van der Waals surface area contributed by atoms with Gasteiger partial charge in [0, 0.05) is 13.1 Å². The molecule has 0 saturated carbocycles. The summed E-state index contributed by atoms with van der Waals surface area (Å²) in [5, 5.41) is 16.6. The zero-order valence-electron chi connectivity index (χ0n) is 14.8. The van der Waals surface area contributed by atoms with Crippen molar-refractivity contribution < 1.29 is 22.1 Å². The van der Waals surface area contributed by atoms with Crippen LogP contribution < -0.4 is 10.0 Å². The van der Waals surface area contributed by atoms with Crippen LogP contribution in [-0.4, -0.2) is 26.4 Å². The molecule has 7 nitrogen and oxygen atoms in total. The zero-order valence-corrected chi connectivity index (χ0v) is 15.7. The summed E-state index contributed by atoms with van der Waals surface area (Å²) in [6.45, 7) is 0.951. The van der Waals surface area contributed by atoms with Gasteiger partial charge in [-0.1, -0.05) is 12.1 Å². The molecule has 0 radical (unpaired) electrons. The van der Waals surface area contributed by atoms with Crippen molar-refractivity contribution in [1.82, 2.24) is 0 Å². The van der Waals surface area contributed by atoms with E-state index in [4.69, 9.17) is 5.14 Å². The number of piperidine rings is 1. The predicted octanol–water partition coefficient (Wildman–Crippen LogP) is 2.98. The number of hydrogen-bond donors (Lipinski definition) is 1. The van der Waals surface area contributed by atoms with Crippen molar-refractivity contribution in [2.24, 2.45) is 11.1 Å². The lowest BCUT2D eigenvalue weighted by Gasteiger charge is -2.33. The van der Waals surface area contributed by atoms with E-state index in [2.05, 4.69) is 0 Å². The van der Waals surface area contributed by atoms with Gasteiger partial charge in [0.05, 0.1) is 4.92 Å². The zero-order chi connectivity index (χ0) is 20.5. The first-order chi connectivity index (χ1) is 13.2. The monoisotopic (exact) mass is 411 g/mol. The lowest BCUT2D eigenvalue weighted by Crippen LogP contribution is -2.35. The number of primary sulfonamides is 1. The summed E-state index contributed by atoms with van der Waals surface area (Å²) in [5.41, 5.74) is 0.381. The third kappa shape index (κ3) is 4.28. The van der Waals surface area contributed by atoms with E-state index in [0.717, 1.165) is 12.1 Å². The number of sulfonamides is 1. The predicted molar refractivity (Wildman–Crippen MR) is 99.5 cm³/mol. The molecule has 0 aliphatic carbocycles. The van der Waals surface area contributed by atoms with Crippen LogP contribution in [0, 0.1) is 27.7 Å². The highest BCUT2D eigenvalue weighted by atomic mass is 32.2. The summed E-state index contributed by atoms with van der Waals surface area (Å²) in [6, 6.07) is 7.87. The molecule has 1 heterocycles. The highest BCUT2D eigenvalue weighted by Crippen LogP contribution is 2.36. The van der Waals surface area contributed by atoms with Crippen LogP contribution in [0.1, 0.15) is 18.4 Å². The molecule has 0 spiro atoms. The van der Waals surface area contributed by atoms with Crippen molar-refractivity contribution in [3.8, 4) is 0 Å². The van der Waals surface area contributed by atoms with Gasteiger partial charge in [0.1, 0.15) is 5.69 Å². The van der Waals surface area contributed by atoms with Gasteiger partial charge in [-0.3, -0.25) is 10.1 Å². The molecule has 0 atom stereocenters. The number of nitro benzene ring substituents is 1. The Labute approximate surface area is 161 Å². The fourth-order valence-electron chi connectivity index (χ4n) is 3.56. The van der Waals surface area contributed by atoms with E-state index >= 15 is 0 Å². The van der Waals surface area contributed by atoms with E-state index < -0.39 is 37.2 Å². The number of rotatable bonds is 5. The number of benzene rings is 2. The second-order valence-corrected chi connectivity index (χ2v) is 8.34. The Morgan fingerprint density at radius 1 is 1.14 bits per heavy atom. The van der Waals surface area contributed by atoms with Crippen LogP contribution in [0.2, 0.25) is 0 Å². The Morgan fingerprint density at radius 2 is 1.82 bits per heavy atom. The van der Waals surface area contributed by atoms with Gasteiger partial charge in [-0.15, -0.1) is 0 Å². The smallest absolute Gasteiger partial charge is 0.312 e. The fourth-order valence-corrected chi connectivity index (χ4v) is 4.27. The van der Waals surface area contributed by atoms with E-state index in [1.807, 2.05) is 0 Å². The average molecular weight is 411 g/mol. The molecule has 0 aromatic heterocycles. The summed E-state index contributed by atoms with van der Waals surface area (Å²) in [5.74, 6) is -1.56. The number of nitro groups is 1. The van der Waals surface area contributed by atoms with Gasteiger partial charge in [0.15, 0.2) is 16.5 Å². The molecular weight excluding hydrogens is 392 g/mol. The Hall–Kier alpha value is -2.59. The quantitative estimate of drug-likeness (QED) is 0.601. The SMILES string of the molecule is NS(=O)(=O)c1cccc(N2CCC(Cc3ccc(F)c(F)c3)CC2)c1[N+](=O)[O-]. The van der Waals surface area contributed by atoms with Gasteiger partial charge >= 0.3 is 5.69 Å². The van der Waals surface area contributed by atoms with Crippen LogP contribution in [0.5, 0.6) is 0 Å². The number of nitrogens with zero attached hydrogens (tertiary/aromatic N) is 2. The number of para-hydroxylation sites is 1. The molecule has 1 aliphatic rings. The molecule has 0 amide bonds. The highest BCUT2D eigenvalue weighted by molar-refractivity contribution is 7.89. The minimum atomic E-state index is -4.23. The maximum Gasteiger partial charge on any atom is 0.312 e. The van der Waals surface area contributed by atoms with Gasteiger partial charge in [0.2, 0.25) is 10.0 Å². The molecule has 2 N–H and O–H groups in total. The van der Waals surface area contributed by atoms with Crippen molar-refractivity contribution in [3.05, 3.63) is 63.7 Å². The summed E-state index contributed by atoms with van der Waals surface area (Å²) in [4.78, 5) is 12.0. The fraction of sp³-hybridized carbons (Fsp3) is 0.333. The molecule has 1 saturated heterocycles. The standard InChI is InChI=1S/C18H19F2N3O4S/c19-14-5-4-13(11-15(14)20)10-12-6-8-22(9-7-12)16-2-1-3-17(28(21,26)27)18(16)23(24)25/h1-5,11-12H,6-10H2,(H2,21,26,27). The van der Waals surface area contributed by atoms with Crippen LogP contribution in [0.4, 0.5) is 20.2 Å². The first kappa shape index (κ1) is 20.2. The third-order valence-corrected chi connectivity index (χ3v) is 5.87. The molecule has 150 valence electrons. The lowest BCUT2D eigenvalue weighted by atomic mass is 9.90. The number of halogens is 2. The normalized spacial score (nSPS) is 15.6. The van der Waals surface area contributed by atoms with Gasteiger partial charge in [0.25, 0.3) is 0 Å². The summed E-state index contributed by atoms with van der Waals surface area (Å²) < 4.78 is 49.8. The van der Waals surface area contributed by atoms with Crippen LogP contribution in [0.15, 0.2) is 41.3 Å². The number of anilines is 1. The third-order valence-electron chi connectivity index (χ3n) is 4.93. The summed E-state index contributed by atoms with van der Waals surface area (Å²) >= 11 is 0. The largest absolute Gasteiger partial charge is 0.366 e. The molecule has 3 rings (SSSR count). The Balaban J connectivity index is 1.76. The van der Waals surface area contributed by atoms with Gasteiger partial charge < -0.3 is 4.90 Å². The van der Waals surface area contributed by atoms with Crippen LogP contribution >= 0.6 is 0 Å². The highest BCUT2D eigenvalue weighted by Gasteiger charge is 2.31.